The van der Waals surface area contributed by atoms with Gasteiger partial charge in [0.05, 0.1) is 25.2 Å². The van der Waals surface area contributed by atoms with Crippen molar-refractivity contribution in [1.82, 2.24) is 15.6 Å². The molecule has 3 aliphatic carbocycles. The second-order valence-electron chi connectivity index (χ2n) is 25.0. The van der Waals surface area contributed by atoms with Crippen LogP contribution in [0.1, 0.15) is 147 Å². The van der Waals surface area contributed by atoms with Gasteiger partial charge in [-0.1, -0.05) is 136 Å². The number of aliphatic hydroxyl groups excluding tert-OH is 3. The van der Waals surface area contributed by atoms with Gasteiger partial charge in [-0.2, -0.15) is 0 Å². The fourth-order valence-electron chi connectivity index (χ4n) is 14.9. The molecule has 5 aromatic carbocycles. The van der Waals surface area contributed by atoms with Crippen LogP contribution < -0.4 is 20.7 Å². The van der Waals surface area contributed by atoms with Gasteiger partial charge in [-0.05, 0) is 180 Å². The summed E-state index contributed by atoms with van der Waals surface area (Å²) >= 11 is 0. The number of carbonyl (C=O) groups excluding carboxylic acids is 2. The molecule has 0 radical (unpaired) electrons. The fourth-order valence-corrected chi connectivity index (χ4v) is 14.9. The monoisotopic (exact) mass is 1120 g/mol. The Bertz CT molecular complexity index is 3390. The third-order valence-corrected chi connectivity index (χ3v) is 19.3. The van der Waals surface area contributed by atoms with E-state index >= 15 is 4.79 Å². The van der Waals surface area contributed by atoms with Gasteiger partial charge in [0.1, 0.15) is 5.82 Å². The Morgan fingerprint density at radius 1 is 0.795 bits per heavy atom. The Morgan fingerprint density at radius 2 is 1.59 bits per heavy atom. The minimum absolute atomic E-state index is 0.00679. The Kier molecular flexibility index (Phi) is 18.1. The largest absolute Gasteiger partial charge is 0.504 e. The highest BCUT2D eigenvalue weighted by Gasteiger charge is 2.50. The number of hydrogen-bond acceptors (Lipinski definition) is 10. The van der Waals surface area contributed by atoms with E-state index in [1.165, 1.54) is 12.7 Å². The van der Waals surface area contributed by atoms with E-state index in [9.17, 15) is 25.2 Å². The van der Waals surface area contributed by atoms with E-state index in [0.29, 0.717) is 45.3 Å². The van der Waals surface area contributed by atoms with Gasteiger partial charge in [0.15, 0.2) is 29.2 Å². The maximum absolute atomic E-state index is 15.4. The van der Waals surface area contributed by atoms with Crippen LogP contribution in [-0.2, 0) is 34.3 Å². The van der Waals surface area contributed by atoms with Crippen LogP contribution in [0.4, 0.5) is 5.69 Å². The lowest BCUT2D eigenvalue weighted by Crippen LogP contribution is -2.48. The normalized spacial score (nSPS) is 27.1. The number of phenolic OH excluding ortho intramolecular Hbond substituents is 1. The number of phenols is 1. The molecule has 0 amide bonds. The maximum Gasteiger partial charge on any atom is 0.173 e. The molecule has 83 heavy (non-hydrogen) atoms. The summed E-state index contributed by atoms with van der Waals surface area (Å²) in [5.74, 6) is 5.50. The molecule has 2 fully saturated rings. The summed E-state index contributed by atoms with van der Waals surface area (Å²) in [4.78, 5) is 33.5. The van der Waals surface area contributed by atoms with Crippen molar-refractivity contribution in [2.75, 3.05) is 32.1 Å². The molecule has 11 rings (SSSR count). The van der Waals surface area contributed by atoms with E-state index < -0.39 is 53.0 Å². The minimum atomic E-state index is -1.84. The summed E-state index contributed by atoms with van der Waals surface area (Å²) in [5.41, 5.74) is 9.68. The molecule has 1 spiro atoms. The van der Waals surface area contributed by atoms with Crippen molar-refractivity contribution in [2.24, 2.45) is 29.6 Å². The topological polar surface area (TPSA) is 176 Å². The van der Waals surface area contributed by atoms with Crippen LogP contribution >= 0.6 is 0 Å². The molecule has 2 saturated carbocycles. The van der Waals surface area contributed by atoms with Crippen molar-refractivity contribution in [3.8, 4) is 23.3 Å². The molecule has 3 heterocycles. The highest BCUT2D eigenvalue weighted by molar-refractivity contribution is 6.06. The van der Waals surface area contributed by atoms with Crippen molar-refractivity contribution >= 4 is 28.0 Å². The molecule has 0 saturated heterocycles. The van der Waals surface area contributed by atoms with Crippen LogP contribution in [0, 0.1) is 41.4 Å². The summed E-state index contributed by atoms with van der Waals surface area (Å²) in [6, 6.07) is 37.3. The molecular formula is C72H84N4O7. The number of anilines is 1. The molecule has 11 heteroatoms. The number of aromatic hydroxyl groups is 1. The van der Waals surface area contributed by atoms with Crippen molar-refractivity contribution in [1.29, 1.82) is 0 Å². The van der Waals surface area contributed by atoms with E-state index in [0.717, 1.165) is 125 Å². The number of fused-ring (bicyclic) bond motifs is 10. The SMILES string of the molecule is CCC[C@H]1[C@H]2C[C@H](CC3=CCNC(=C3)Nc3cc4cc(ccc4cc3Cc3ccccc3)C[C@H](O)CNC[C@@H](C)c3c[nH]c(c3)C3(CCCCC3)[C@@H]1O)C[C@@H]1C#C[C@H](c3ccccc3)c3cc(O)c(OC)cc3CCC(=O)[C@H](O)C(=O)[C@H]1C2. The number of aliphatic hydroxyl groups is 3. The van der Waals surface area contributed by atoms with Crippen molar-refractivity contribution in [3.05, 3.63) is 184 Å². The van der Waals surface area contributed by atoms with E-state index in [1.807, 2.05) is 36.4 Å². The summed E-state index contributed by atoms with van der Waals surface area (Å²) in [5, 5.41) is 61.8. The summed E-state index contributed by atoms with van der Waals surface area (Å²) < 4.78 is 5.57. The van der Waals surface area contributed by atoms with Crippen molar-refractivity contribution in [3.63, 3.8) is 0 Å². The fraction of sp³-hybridized carbons (Fsp3) is 0.444. The number of benzene rings is 5. The molecule has 11 nitrogen and oxygen atoms in total. The molecule has 8 N–H and O–H groups in total. The lowest BCUT2D eigenvalue weighted by atomic mass is 9.61. The summed E-state index contributed by atoms with van der Waals surface area (Å²) in [6.45, 7) is 6.13. The zero-order valence-electron chi connectivity index (χ0n) is 48.6. The molecule has 0 unspecified atom stereocenters. The van der Waals surface area contributed by atoms with Gasteiger partial charge in [-0.3, -0.25) is 9.59 Å². The number of aryl methyl sites for hydroxylation is 1. The number of β-amino-alcohol motifs (C(OH)–C–C–N with tert-alkyl or cyclic N) is 1. The van der Waals surface area contributed by atoms with Crippen molar-refractivity contribution in [2.45, 2.75) is 146 Å². The standard InChI is InChI=1S/C72H84N4O7/c1-4-14-60-55-33-49(32-52-21-23-59(50-17-10-6-11-18-50)61-41-65(79)66(83-3)39-53(61)22-24-64(78)70(81)69(80)62(52)37-55)29-48-25-28-74-68(35-48)76-63-38-54-31-47(19-20-51(54)36-56(63)30-46-15-8-5-9-16-46)34-58(77)44-73-42-45(2)57-40-67(75-43-57)72(71(60)82)26-12-7-13-27-72/h5-6,8-11,15-20,25,31,35-36,38-41,43,45,49,52,55,58-60,62,70-71,73-77,79,81-82H,4,7,12-14,22,24,26-30,32-34,37,42,44H2,1-3H3/t45-,49-,52+,55+,58+,59-,60+,62+,70+,71-/m1/s1. The van der Waals surface area contributed by atoms with Gasteiger partial charge in [0.25, 0.3) is 0 Å². The van der Waals surface area contributed by atoms with Crippen LogP contribution in [0.2, 0.25) is 0 Å². The number of hydrogen-bond donors (Lipinski definition) is 8. The van der Waals surface area contributed by atoms with Crippen LogP contribution in [-0.4, -0.2) is 82.0 Å². The zero-order valence-corrected chi connectivity index (χ0v) is 48.6. The highest BCUT2D eigenvalue weighted by Crippen LogP contribution is 2.51. The average Bonchev–Trinajstić information content (AvgIpc) is 3.98. The Morgan fingerprint density at radius 3 is 2.37 bits per heavy atom. The van der Waals surface area contributed by atoms with Crippen LogP contribution in [0.5, 0.6) is 11.5 Å². The first-order valence-electron chi connectivity index (χ1n) is 30.8. The van der Waals surface area contributed by atoms with Crippen LogP contribution in [0.3, 0.4) is 0 Å². The van der Waals surface area contributed by atoms with Crippen LogP contribution in [0.15, 0.2) is 139 Å². The summed E-state index contributed by atoms with van der Waals surface area (Å²) in [6.07, 6.45) is 13.5. The third-order valence-electron chi connectivity index (χ3n) is 19.3. The van der Waals surface area contributed by atoms with E-state index in [-0.39, 0.29) is 48.0 Å². The number of nitrogens with one attached hydrogen (secondary N) is 4. The second kappa shape index (κ2) is 25.9. The Balaban J connectivity index is 1.04. The quantitative estimate of drug-likeness (QED) is 0.0592. The molecule has 2 aliphatic heterocycles. The number of allylic oxidation sites excluding steroid dienone is 2. The Labute approximate surface area is 490 Å². The first-order valence-corrected chi connectivity index (χ1v) is 30.8. The number of aromatic amines is 1. The number of H-pyrrole nitrogens is 1. The first kappa shape index (κ1) is 57.9. The number of ether oxygens (including phenoxy) is 1. The van der Waals surface area contributed by atoms with Gasteiger partial charge >= 0.3 is 0 Å². The highest BCUT2D eigenvalue weighted by atomic mass is 16.5. The molecule has 9 bridgehead atoms. The third kappa shape index (κ3) is 12.9. The van der Waals surface area contributed by atoms with Gasteiger partial charge in [-0.15, -0.1) is 0 Å². The molecule has 434 valence electrons. The molecular weight excluding hydrogens is 1030 g/mol. The number of methoxy groups -OCH3 is 1. The number of dihydropyridines is 1. The molecule has 5 aliphatic rings. The molecule has 1 aromatic heterocycles. The lowest BCUT2D eigenvalue weighted by molar-refractivity contribution is -0.142. The van der Waals surface area contributed by atoms with E-state index in [1.54, 1.807) is 12.1 Å². The van der Waals surface area contributed by atoms with E-state index in [4.69, 9.17) is 4.74 Å². The van der Waals surface area contributed by atoms with E-state index in [2.05, 4.69) is 126 Å². The predicted octanol–water partition coefficient (Wildman–Crippen LogP) is 11.9. The predicted molar refractivity (Wildman–Crippen MR) is 329 cm³/mol. The number of Topliss-reactive ketones (excluding diaryl/α,β-unsaturated/α-hetero) is 2. The maximum atomic E-state index is 15.4. The molecule has 6 aromatic rings. The number of carbonyl (C=O) groups is 2. The number of aromatic nitrogens is 1. The Hall–Kier alpha value is -6.94. The van der Waals surface area contributed by atoms with Gasteiger partial charge in [-0.25, -0.2) is 0 Å². The first-order chi connectivity index (χ1) is 40.4. The molecule has 10 atom stereocenters. The number of ketones is 2. The number of rotatable bonds is 6. The van der Waals surface area contributed by atoms with Crippen LogP contribution in [0.25, 0.3) is 10.8 Å². The average molecular weight is 1120 g/mol. The van der Waals surface area contributed by atoms with Gasteiger partial charge in [0.2, 0.25) is 0 Å². The second-order valence-corrected chi connectivity index (χ2v) is 25.0. The lowest BCUT2D eigenvalue weighted by Gasteiger charge is -2.46. The minimum Gasteiger partial charge on any atom is -0.504 e. The van der Waals surface area contributed by atoms with Gasteiger partial charge < -0.3 is 46.1 Å². The smallest absolute Gasteiger partial charge is 0.173 e. The zero-order chi connectivity index (χ0) is 57.6. The van der Waals surface area contributed by atoms with Gasteiger partial charge in [0, 0.05) is 60.9 Å². The summed E-state index contributed by atoms with van der Waals surface area (Å²) in [7, 11) is 1.49. The van der Waals surface area contributed by atoms with Crippen molar-refractivity contribution < 1.29 is 34.8 Å².